The Morgan fingerprint density at radius 2 is 1.70 bits per heavy atom. The minimum atomic E-state index is -3.94. The molecule has 30 heavy (non-hydrogen) atoms. The molecule has 8 nitrogen and oxygen atoms in total. The van der Waals surface area contributed by atoms with Crippen LogP contribution in [0.2, 0.25) is 0 Å². The number of benzene rings is 1. The predicted octanol–water partition coefficient (Wildman–Crippen LogP) is 2.56. The molecule has 0 aliphatic rings. The minimum Gasteiger partial charge on any atom is -0.456 e. The molecule has 1 heterocycles. The van der Waals surface area contributed by atoms with E-state index in [-0.39, 0.29) is 16.4 Å². The van der Waals surface area contributed by atoms with Crippen molar-refractivity contribution in [2.75, 3.05) is 6.61 Å². The van der Waals surface area contributed by atoms with Gasteiger partial charge in [-0.3, -0.25) is 14.4 Å². The normalized spacial score (nSPS) is 12.6. The number of rotatable bonds is 9. The summed E-state index contributed by atoms with van der Waals surface area (Å²) in [5.41, 5.74) is 1.67. The Morgan fingerprint density at radius 1 is 1.10 bits per heavy atom. The number of aromatic amines is 1. The molecule has 1 aromatic carbocycles. The van der Waals surface area contributed by atoms with Gasteiger partial charge in [0.2, 0.25) is 15.8 Å². The van der Waals surface area contributed by atoms with Gasteiger partial charge in [-0.25, -0.2) is 8.42 Å². The van der Waals surface area contributed by atoms with E-state index in [0.717, 1.165) is 0 Å². The van der Waals surface area contributed by atoms with E-state index in [2.05, 4.69) is 9.71 Å². The smallest absolute Gasteiger partial charge is 0.324 e. The highest BCUT2D eigenvalue weighted by Crippen LogP contribution is 2.19. The third kappa shape index (κ3) is 5.22. The summed E-state index contributed by atoms with van der Waals surface area (Å²) >= 11 is 0. The van der Waals surface area contributed by atoms with Gasteiger partial charge in [0.05, 0.1) is 10.6 Å². The van der Waals surface area contributed by atoms with Crippen molar-refractivity contribution in [3.8, 4) is 0 Å². The summed E-state index contributed by atoms with van der Waals surface area (Å²) < 4.78 is 32.5. The fourth-order valence-corrected chi connectivity index (χ4v) is 4.50. The predicted molar refractivity (Wildman–Crippen MR) is 111 cm³/mol. The van der Waals surface area contributed by atoms with Crippen molar-refractivity contribution in [2.24, 2.45) is 5.92 Å². The maximum atomic E-state index is 12.5. The fraction of sp³-hybridized carbons (Fsp3) is 0.381. The second-order valence-electron chi connectivity index (χ2n) is 7.37. The first kappa shape index (κ1) is 23.5. The molecular formula is C21H26N2O6S. The number of hydrogen-bond acceptors (Lipinski definition) is 6. The zero-order valence-electron chi connectivity index (χ0n) is 17.6. The van der Waals surface area contributed by atoms with Gasteiger partial charge in [-0.05, 0) is 44.4 Å². The van der Waals surface area contributed by atoms with E-state index >= 15 is 0 Å². The van der Waals surface area contributed by atoms with Crippen molar-refractivity contribution < 1.29 is 27.5 Å². The van der Waals surface area contributed by atoms with E-state index in [9.17, 15) is 22.8 Å². The molecule has 0 bridgehead atoms. The second kappa shape index (κ2) is 9.36. The van der Waals surface area contributed by atoms with Gasteiger partial charge in [0.15, 0.2) is 12.4 Å². The molecule has 0 fully saturated rings. The van der Waals surface area contributed by atoms with Gasteiger partial charge in [-0.2, -0.15) is 4.72 Å². The molecule has 0 amide bonds. The van der Waals surface area contributed by atoms with Crippen LogP contribution in [-0.4, -0.2) is 43.6 Å². The Kier molecular flexibility index (Phi) is 7.33. The molecule has 1 atom stereocenters. The zero-order chi connectivity index (χ0) is 22.6. The molecule has 162 valence electrons. The quantitative estimate of drug-likeness (QED) is 0.462. The van der Waals surface area contributed by atoms with E-state index < -0.39 is 40.3 Å². The molecule has 0 aliphatic heterocycles. The highest BCUT2D eigenvalue weighted by molar-refractivity contribution is 7.89. The third-order valence-electron chi connectivity index (χ3n) is 4.67. The maximum absolute atomic E-state index is 12.5. The van der Waals surface area contributed by atoms with Gasteiger partial charge in [0.1, 0.15) is 6.04 Å². The van der Waals surface area contributed by atoms with Crippen molar-refractivity contribution in [3.63, 3.8) is 0 Å². The fourth-order valence-electron chi connectivity index (χ4n) is 3.15. The maximum Gasteiger partial charge on any atom is 0.324 e. The van der Waals surface area contributed by atoms with Crippen LogP contribution in [0.3, 0.4) is 0 Å². The van der Waals surface area contributed by atoms with Crippen molar-refractivity contribution in [3.05, 3.63) is 52.8 Å². The number of ether oxygens (including phenoxy) is 1. The van der Waals surface area contributed by atoms with Crippen molar-refractivity contribution in [1.82, 2.24) is 9.71 Å². The largest absolute Gasteiger partial charge is 0.456 e. The first-order valence-corrected chi connectivity index (χ1v) is 10.9. The highest BCUT2D eigenvalue weighted by Gasteiger charge is 2.30. The molecule has 2 rings (SSSR count). The highest BCUT2D eigenvalue weighted by atomic mass is 32.2. The summed E-state index contributed by atoms with van der Waals surface area (Å²) in [5.74, 6) is -1.95. The Morgan fingerprint density at radius 3 is 2.20 bits per heavy atom. The number of aromatic nitrogens is 1. The van der Waals surface area contributed by atoms with Gasteiger partial charge in [-0.15, -0.1) is 0 Å². The van der Waals surface area contributed by atoms with Crippen LogP contribution in [0.15, 0.2) is 35.2 Å². The van der Waals surface area contributed by atoms with Crippen LogP contribution in [0.1, 0.15) is 52.9 Å². The zero-order valence-corrected chi connectivity index (χ0v) is 18.4. The molecule has 0 radical (unpaired) electrons. The minimum absolute atomic E-state index is 0.0220. The van der Waals surface area contributed by atoms with Gasteiger partial charge in [0, 0.05) is 11.3 Å². The topological polar surface area (TPSA) is 122 Å². The molecule has 1 unspecified atom stereocenters. The Bertz CT molecular complexity index is 1050. The number of esters is 1. The molecule has 2 N–H and O–H groups in total. The summed E-state index contributed by atoms with van der Waals surface area (Å²) in [6, 6.07) is 6.50. The summed E-state index contributed by atoms with van der Waals surface area (Å²) in [4.78, 5) is 39.6. The SMILES string of the molecule is CC(=O)c1c(C)[nH]c(C(=O)COC(=O)C(NS(=O)(=O)c2ccccc2)C(C)C)c1C. The van der Waals surface area contributed by atoms with Crippen LogP contribution < -0.4 is 4.72 Å². The van der Waals surface area contributed by atoms with E-state index in [1.54, 1.807) is 45.9 Å². The molecule has 0 saturated carbocycles. The van der Waals surface area contributed by atoms with E-state index in [0.29, 0.717) is 16.8 Å². The van der Waals surface area contributed by atoms with Crippen LogP contribution >= 0.6 is 0 Å². The summed E-state index contributed by atoms with van der Waals surface area (Å²) in [5, 5.41) is 0. The number of ketones is 2. The standard InChI is InChI=1S/C21H26N2O6S/c1-12(2)19(23-30(27,28)16-9-7-6-8-10-16)21(26)29-11-17(25)20-13(3)18(15(5)24)14(4)22-20/h6-10,12,19,22-23H,11H2,1-5H3. The van der Waals surface area contributed by atoms with E-state index in [4.69, 9.17) is 4.74 Å². The molecule has 0 aliphatic carbocycles. The number of sulfonamides is 1. The van der Waals surface area contributed by atoms with Gasteiger partial charge in [-0.1, -0.05) is 32.0 Å². The van der Waals surface area contributed by atoms with Gasteiger partial charge >= 0.3 is 5.97 Å². The first-order chi connectivity index (χ1) is 14.0. The number of carbonyl (C=O) groups is 3. The van der Waals surface area contributed by atoms with Crippen LogP contribution in [0.5, 0.6) is 0 Å². The number of H-pyrrole nitrogens is 1. The Balaban J connectivity index is 2.12. The molecule has 1 aromatic heterocycles. The lowest BCUT2D eigenvalue weighted by Crippen LogP contribution is -2.45. The summed E-state index contributed by atoms with van der Waals surface area (Å²) in [6.45, 7) is 7.48. The summed E-state index contributed by atoms with van der Waals surface area (Å²) in [7, 11) is -3.94. The second-order valence-corrected chi connectivity index (χ2v) is 9.08. The van der Waals surface area contributed by atoms with E-state index in [1.165, 1.54) is 19.1 Å². The van der Waals surface area contributed by atoms with Crippen LogP contribution in [0.4, 0.5) is 0 Å². The monoisotopic (exact) mass is 434 g/mol. The summed E-state index contributed by atoms with van der Waals surface area (Å²) in [6.07, 6.45) is 0. The van der Waals surface area contributed by atoms with E-state index in [1.807, 2.05) is 0 Å². The number of hydrogen-bond donors (Lipinski definition) is 2. The Hall–Kier alpha value is -2.78. The first-order valence-electron chi connectivity index (χ1n) is 9.43. The third-order valence-corrected chi connectivity index (χ3v) is 6.13. The average molecular weight is 435 g/mol. The lowest BCUT2D eigenvalue weighted by Gasteiger charge is -2.20. The van der Waals surface area contributed by atoms with Crippen LogP contribution in [-0.2, 0) is 19.6 Å². The lowest BCUT2D eigenvalue weighted by atomic mass is 10.1. The van der Waals surface area contributed by atoms with Gasteiger partial charge in [0.25, 0.3) is 0 Å². The van der Waals surface area contributed by atoms with Crippen molar-refractivity contribution in [1.29, 1.82) is 0 Å². The molecule has 0 spiro atoms. The molecule has 0 saturated heterocycles. The van der Waals surface area contributed by atoms with Gasteiger partial charge < -0.3 is 9.72 Å². The number of carbonyl (C=O) groups excluding carboxylic acids is 3. The number of aryl methyl sites for hydroxylation is 1. The molecule has 9 heteroatoms. The van der Waals surface area contributed by atoms with Crippen LogP contribution in [0, 0.1) is 19.8 Å². The average Bonchev–Trinajstić information content (AvgIpc) is 2.98. The Labute approximate surface area is 176 Å². The molecular weight excluding hydrogens is 408 g/mol. The number of nitrogens with one attached hydrogen (secondary N) is 2. The van der Waals surface area contributed by atoms with Crippen molar-refractivity contribution >= 4 is 27.6 Å². The lowest BCUT2D eigenvalue weighted by molar-refractivity contribution is -0.145. The van der Waals surface area contributed by atoms with Crippen molar-refractivity contribution in [2.45, 2.75) is 45.6 Å². The number of Topliss-reactive ketones (excluding diaryl/α,β-unsaturated/α-hetero) is 2. The van der Waals surface area contributed by atoms with Crippen LogP contribution in [0.25, 0.3) is 0 Å². The molecule has 2 aromatic rings.